The Kier molecular flexibility index (Phi) is 4.15. The predicted octanol–water partition coefficient (Wildman–Crippen LogP) is 2.56. The molecule has 1 rings (SSSR count). The second kappa shape index (κ2) is 5.16. The molecule has 0 saturated carbocycles. The molecule has 15 heavy (non-hydrogen) atoms. The monoisotopic (exact) mass is 270 g/mol. The molecule has 0 radical (unpaired) electrons. The largest absolute Gasteiger partial charge is 0.331 e. The maximum absolute atomic E-state index is 11.6. The molecule has 0 aliphatic carbocycles. The summed E-state index contributed by atoms with van der Waals surface area (Å²) in [4.78, 5) is 14.8. The molecule has 0 heterocycles. The van der Waals surface area contributed by atoms with E-state index in [1.807, 2.05) is 24.3 Å². The van der Waals surface area contributed by atoms with Gasteiger partial charge in [0.15, 0.2) is 0 Å². The van der Waals surface area contributed by atoms with Crippen molar-refractivity contribution >= 4 is 22.0 Å². The summed E-state index contributed by atoms with van der Waals surface area (Å²) in [5.74, 6) is 0. The van der Waals surface area contributed by atoms with Gasteiger partial charge >= 0.3 is 6.03 Å². The molecule has 1 aromatic carbocycles. The van der Waals surface area contributed by atoms with Crippen molar-refractivity contribution in [3.05, 3.63) is 34.3 Å². The van der Waals surface area contributed by atoms with Crippen LogP contribution in [-0.4, -0.2) is 37.0 Å². The standard InChI is InChI=1S/C11H15BrN2O/c1-13(2)11(15)14(3)8-9-5-4-6-10(12)7-9/h4-7H,8H2,1-3H3. The zero-order chi connectivity index (χ0) is 11.4. The third-order valence-electron chi connectivity index (χ3n) is 2.02. The van der Waals surface area contributed by atoms with Crippen LogP contribution in [0.5, 0.6) is 0 Å². The van der Waals surface area contributed by atoms with Crippen LogP contribution in [0, 0.1) is 0 Å². The van der Waals surface area contributed by atoms with Crippen molar-refractivity contribution < 1.29 is 4.79 Å². The van der Waals surface area contributed by atoms with Crippen LogP contribution in [0.25, 0.3) is 0 Å². The molecular weight excluding hydrogens is 256 g/mol. The Balaban J connectivity index is 2.66. The average molecular weight is 271 g/mol. The molecule has 4 heteroatoms. The molecule has 1 aromatic rings. The molecule has 3 nitrogen and oxygen atoms in total. The van der Waals surface area contributed by atoms with Gasteiger partial charge in [0.1, 0.15) is 0 Å². The summed E-state index contributed by atoms with van der Waals surface area (Å²) < 4.78 is 1.03. The quantitative estimate of drug-likeness (QED) is 0.811. The Morgan fingerprint density at radius 2 is 2.00 bits per heavy atom. The molecule has 0 aliphatic rings. The second-order valence-corrected chi connectivity index (χ2v) is 4.58. The van der Waals surface area contributed by atoms with Gasteiger partial charge in [-0.3, -0.25) is 0 Å². The van der Waals surface area contributed by atoms with Crippen molar-refractivity contribution in [2.45, 2.75) is 6.54 Å². The maximum atomic E-state index is 11.6. The van der Waals surface area contributed by atoms with E-state index >= 15 is 0 Å². The summed E-state index contributed by atoms with van der Waals surface area (Å²) in [5, 5.41) is 0. The first kappa shape index (κ1) is 12.0. The lowest BCUT2D eigenvalue weighted by Gasteiger charge is -2.21. The Hall–Kier alpha value is -1.03. The molecule has 0 fully saturated rings. The first-order chi connectivity index (χ1) is 7.00. The van der Waals surface area contributed by atoms with E-state index in [0.717, 1.165) is 10.0 Å². The fourth-order valence-electron chi connectivity index (χ4n) is 1.32. The number of hydrogen-bond acceptors (Lipinski definition) is 1. The van der Waals surface area contributed by atoms with E-state index in [1.54, 1.807) is 30.9 Å². The minimum absolute atomic E-state index is 0.00924. The number of rotatable bonds is 2. The van der Waals surface area contributed by atoms with Crippen LogP contribution in [0.1, 0.15) is 5.56 Å². The van der Waals surface area contributed by atoms with Crippen molar-refractivity contribution in [1.82, 2.24) is 9.80 Å². The van der Waals surface area contributed by atoms with Crippen LogP contribution in [0.2, 0.25) is 0 Å². The van der Waals surface area contributed by atoms with Crippen molar-refractivity contribution in [1.29, 1.82) is 0 Å². The van der Waals surface area contributed by atoms with Gasteiger partial charge in [-0.1, -0.05) is 28.1 Å². The van der Waals surface area contributed by atoms with Crippen LogP contribution < -0.4 is 0 Å². The summed E-state index contributed by atoms with van der Waals surface area (Å²) in [6.45, 7) is 0.621. The van der Waals surface area contributed by atoms with E-state index in [0.29, 0.717) is 6.54 Å². The molecule has 0 saturated heterocycles. The number of nitrogens with zero attached hydrogens (tertiary/aromatic N) is 2. The minimum atomic E-state index is 0.00924. The molecule has 0 aromatic heterocycles. The summed E-state index contributed by atoms with van der Waals surface area (Å²) in [6.07, 6.45) is 0. The van der Waals surface area contributed by atoms with E-state index in [1.165, 1.54) is 0 Å². The van der Waals surface area contributed by atoms with E-state index < -0.39 is 0 Å². The van der Waals surface area contributed by atoms with Crippen molar-refractivity contribution in [2.24, 2.45) is 0 Å². The van der Waals surface area contributed by atoms with Gasteiger partial charge in [0, 0.05) is 32.2 Å². The topological polar surface area (TPSA) is 23.6 Å². The van der Waals surface area contributed by atoms with Gasteiger partial charge in [0.05, 0.1) is 0 Å². The van der Waals surface area contributed by atoms with Crippen LogP contribution in [0.15, 0.2) is 28.7 Å². The number of amides is 2. The summed E-state index contributed by atoms with van der Waals surface area (Å²) in [5.41, 5.74) is 1.11. The third-order valence-corrected chi connectivity index (χ3v) is 2.51. The van der Waals surface area contributed by atoms with Gasteiger partial charge < -0.3 is 9.80 Å². The highest BCUT2D eigenvalue weighted by Gasteiger charge is 2.10. The molecular formula is C11H15BrN2O. The fraction of sp³-hybridized carbons (Fsp3) is 0.364. The van der Waals surface area contributed by atoms with Gasteiger partial charge in [-0.05, 0) is 17.7 Å². The normalized spacial score (nSPS) is 9.87. The second-order valence-electron chi connectivity index (χ2n) is 3.66. The predicted molar refractivity (Wildman–Crippen MR) is 64.7 cm³/mol. The summed E-state index contributed by atoms with van der Waals surface area (Å²) in [6, 6.07) is 7.96. The number of hydrogen-bond donors (Lipinski definition) is 0. The van der Waals surface area contributed by atoms with Crippen molar-refractivity contribution in [3.8, 4) is 0 Å². The SMILES string of the molecule is CN(C)C(=O)N(C)Cc1cccc(Br)c1. The minimum Gasteiger partial charge on any atom is -0.331 e. The van der Waals surface area contributed by atoms with Gasteiger partial charge in [-0.2, -0.15) is 0 Å². The highest BCUT2D eigenvalue weighted by atomic mass is 79.9. The van der Waals surface area contributed by atoms with E-state index in [2.05, 4.69) is 15.9 Å². The smallest absolute Gasteiger partial charge is 0.319 e. The van der Waals surface area contributed by atoms with Gasteiger partial charge in [0.2, 0.25) is 0 Å². The zero-order valence-electron chi connectivity index (χ0n) is 9.20. The van der Waals surface area contributed by atoms with Crippen LogP contribution in [0.3, 0.4) is 0 Å². The number of benzene rings is 1. The van der Waals surface area contributed by atoms with Crippen LogP contribution >= 0.6 is 15.9 Å². The average Bonchev–Trinajstić information content (AvgIpc) is 2.16. The molecule has 0 unspecified atom stereocenters. The van der Waals surface area contributed by atoms with E-state index in [4.69, 9.17) is 0 Å². The molecule has 82 valence electrons. The maximum Gasteiger partial charge on any atom is 0.319 e. The van der Waals surface area contributed by atoms with Crippen molar-refractivity contribution in [2.75, 3.05) is 21.1 Å². The van der Waals surface area contributed by atoms with Crippen LogP contribution in [-0.2, 0) is 6.54 Å². The molecule has 0 spiro atoms. The first-order valence-electron chi connectivity index (χ1n) is 4.67. The molecule has 2 amide bonds. The lowest BCUT2D eigenvalue weighted by atomic mass is 10.2. The van der Waals surface area contributed by atoms with Gasteiger partial charge in [-0.25, -0.2) is 4.79 Å². The number of halogens is 1. The highest BCUT2D eigenvalue weighted by Crippen LogP contribution is 2.13. The lowest BCUT2D eigenvalue weighted by molar-refractivity contribution is 0.180. The number of carbonyl (C=O) groups excluding carboxylic acids is 1. The van der Waals surface area contributed by atoms with E-state index in [-0.39, 0.29) is 6.03 Å². The number of carbonyl (C=O) groups is 1. The third kappa shape index (κ3) is 3.55. The molecule has 0 N–H and O–H groups in total. The first-order valence-corrected chi connectivity index (χ1v) is 5.47. The van der Waals surface area contributed by atoms with Gasteiger partial charge in [0.25, 0.3) is 0 Å². The lowest BCUT2D eigenvalue weighted by Crippen LogP contribution is -2.35. The number of urea groups is 1. The molecule has 0 bridgehead atoms. The molecule has 0 atom stereocenters. The van der Waals surface area contributed by atoms with E-state index in [9.17, 15) is 4.79 Å². The van der Waals surface area contributed by atoms with Gasteiger partial charge in [-0.15, -0.1) is 0 Å². The Bertz CT molecular complexity index is 352. The summed E-state index contributed by atoms with van der Waals surface area (Å²) >= 11 is 3.40. The Morgan fingerprint density at radius 1 is 1.33 bits per heavy atom. The highest BCUT2D eigenvalue weighted by molar-refractivity contribution is 9.10. The Labute approximate surface area is 98.8 Å². The fourth-order valence-corrected chi connectivity index (χ4v) is 1.76. The summed E-state index contributed by atoms with van der Waals surface area (Å²) in [7, 11) is 5.29. The van der Waals surface area contributed by atoms with Crippen molar-refractivity contribution in [3.63, 3.8) is 0 Å². The Morgan fingerprint density at radius 3 is 2.53 bits per heavy atom. The van der Waals surface area contributed by atoms with Crippen LogP contribution in [0.4, 0.5) is 4.79 Å². The molecule has 0 aliphatic heterocycles. The zero-order valence-corrected chi connectivity index (χ0v) is 10.8.